The summed E-state index contributed by atoms with van der Waals surface area (Å²) < 4.78 is 35.6. The van der Waals surface area contributed by atoms with E-state index >= 15 is 0 Å². The minimum absolute atomic E-state index is 0.0258. The van der Waals surface area contributed by atoms with Crippen molar-refractivity contribution in [2.24, 2.45) is 5.73 Å². The maximum Gasteiger partial charge on any atom is 0.252 e. The summed E-state index contributed by atoms with van der Waals surface area (Å²) in [4.78, 5) is 22.8. The van der Waals surface area contributed by atoms with Gasteiger partial charge in [0.05, 0.1) is 17.6 Å². The van der Waals surface area contributed by atoms with Gasteiger partial charge >= 0.3 is 0 Å². The molecule has 0 aliphatic carbocycles. The summed E-state index contributed by atoms with van der Waals surface area (Å²) in [6.45, 7) is -0.114. The fourth-order valence-electron chi connectivity index (χ4n) is 2.30. The van der Waals surface area contributed by atoms with Crippen molar-refractivity contribution in [3.05, 3.63) is 48.0 Å². The first-order valence-electron chi connectivity index (χ1n) is 7.42. The van der Waals surface area contributed by atoms with Gasteiger partial charge in [-0.1, -0.05) is 6.07 Å². The lowest BCUT2D eigenvalue weighted by molar-refractivity contribution is -0.119. The van der Waals surface area contributed by atoms with Gasteiger partial charge in [-0.2, -0.15) is 0 Å². The van der Waals surface area contributed by atoms with Crippen molar-refractivity contribution in [2.45, 2.75) is 9.79 Å². The molecular formula is C17H18N2O6S. The Morgan fingerprint density at radius 3 is 2.27 bits per heavy atom. The Kier molecular flexibility index (Phi) is 5.96. The quantitative estimate of drug-likeness (QED) is 0.746. The highest BCUT2D eigenvalue weighted by molar-refractivity contribution is 7.91. The van der Waals surface area contributed by atoms with Gasteiger partial charge < -0.3 is 20.5 Å². The van der Waals surface area contributed by atoms with E-state index in [1.807, 2.05) is 0 Å². The van der Waals surface area contributed by atoms with Crippen molar-refractivity contribution in [1.29, 1.82) is 0 Å². The molecule has 0 aliphatic heterocycles. The van der Waals surface area contributed by atoms with Gasteiger partial charge in [-0.15, -0.1) is 0 Å². The van der Waals surface area contributed by atoms with Crippen LogP contribution in [0.15, 0.2) is 52.3 Å². The molecule has 2 aromatic carbocycles. The van der Waals surface area contributed by atoms with Crippen molar-refractivity contribution in [3.8, 4) is 5.75 Å². The zero-order valence-corrected chi connectivity index (χ0v) is 15.0. The Hall–Kier alpha value is -2.91. The molecule has 0 unspecified atom stereocenters. The van der Waals surface area contributed by atoms with E-state index in [2.05, 4.69) is 5.32 Å². The van der Waals surface area contributed by atoms with E-state index < -0.39 is 15.7 Å². The lowest BCUT2D eigenvalue weighted by Gasteiger charge is -2.13. The molecule has 0 heterocycles. The van der Waals surface area contributed by atoms with Crippen LogP contribution in [0.1, 0.15) is 10.4 Å². The molecule has 0 aromatic heterocycles. The minimum Gasteiger partial charge on any atom is -0.495 e. The maximum absolute atomic E-state index is 12.9. The second-order valence-electron chi connectivity index (χ2n) is 5.21. The molecule has 0 bridgehead atoms. The van der Waals surface area contributed by atoms with E-state index in [0.29, 0.717) is 5.69 Å². The highest BCUT2D eigenvalue weighted by atomic mass is 32.2. The molecule has 0 saturated carbocycles. The van der Waals surface area contributed by atoms with Crippen LogP contribution >= 0.6 is 0 Å². The third kappa shape index (κ3) is 4.01. The number of nitrogens with one attached hydrogen (secondary N) is 1. The molecule has 2 amide bonds. The van der Waals surface area contributed by atoms with Crippen LogP contribution < -0.4 is 15.8 Å². The van der Waals surface area contributed by atoms with Crippen LogP contribution in [0.2, 0.25) is 0 Å². The van der Waals surface area contributed by atoms with Gasteiger partial charge in [0.1, 0.15) is 11.5 Å². The predicted octanol–water partition coefficient (Wildman–Crippen LogP) is 1.21. The normalized spacial score (nSPS) is 11.0. The summed E-state index contributed by atoms with van der Waals surface area (Å²) in [5.41, 5.74) is 5.66. The van der Waals surface area contributed by atoms with Crippen molar-refractivity contribution in [1.82, 2.24) is 0 Å². The van der Waals surface area contributed by atoms with E-state index in [9.17, 15) is 18.0 Å². The first-order valence-corrected chi connectivity index (χ1v) is 8.90. The van der Waals surface area contributed by atoms with Crippen LogP contribution in [0.4, 0.5) is 5.69 Å². The first-order chi connectivity index (χ1) is 12.3. The van der Waals surface area contributed by atoms with Gasteiger partial charge in [-0.05, 0) is 36.4 Å². The SMILES string of the molecule is COCC(=O)Nc1ccc(S(=O)(=O)c2cccc(C(N)=O)c2OC)cc1. The molecule has 8 nitrogen and oxygen atoms in total. The zero-order valence-electron chi connectivity index (χ0n) is 14.2. The van der Waals surface area contributed by atoms with Crippen LogP contribution in [0.5, 0.6) is 5.75 Å². The number of rotatable bonds is 7. The number of carbonyl (C=O) groups is 2. The number of amides is 2. The minimum atomic E-state index is -3.96. The third-order valence-electron chi connectivity index (χ3n) is 3.46. The predicted molar refractivity (Wildman–Crippen MR) is 93.9 cm³/mol. The molecule has 0 aliphatic rings. The Morgan fingerprint density at radius 1 is 1.08 bits per heavy atom. The van der Waals surface area contributed by atoms with Gasteiger partial charge in [0.25, 0.3) is 5.91 Å². The van der Waals surface area contributed by atoms with E-state index in [4.69, 9.17) is 15.2 Å². The molecule has 0 radical (unpaired) electrons. The number of methoxy groups -OCH3 is 2. The maximum atomic E-state index is 12.9. The van der Waals surface area contributed by atoms with Crippen LogP contribution in [-0.2, 0) is 19.4 Å². The molecule has 9 heteroatoms. The van der Waals surface area contributed by atoms with Crippen molar-refractivity contribution in [3.63, 3.8) is 0 Å². The second-order valence-corrected chi connectivity index (χ2v) is 7.13. The Bertz CT molecular complexity index is 923. The number of primary amides is 1. The average Bonchev–Trinajstić information content (AvgIpc) is 2.61. The highest BCUT2D eigenvalue weighted by Crippen LogP contribution is 2.32. The third-order valence-corrected chi connectivity index (χ3v) is 5.26. The van der Waals surface area contributed by atoms with E-state index in [-0.39, 0.29) is 33.6 Å². The molecular weight excluding hydrogens is 360 g/mol. The molecule has 138 valence electrons. The van der Waals surface area contributed by atoms with E-state index in [1.165, 1.54) is 56.7 Å². The standard InChI is InChI=1S/C17H18N2O6S/c1-24-10-15(20)19-11-6-8-12(9-7-11)26(22,23)14-5-3-4-13(17(18)21)16(14)25-2/h3-9H,10H2,1-2H3,(H2,18,21)(H,19,20). The fraction of sp³-hybridized carbons (Fsp3) is 0.176. The molecule has 2 aromatic rings. The molecule has 0 atom stereocenters. The summed E-state index contributed by atoms with van der Waals surface area (Å²) in [6.07, 6.45) is 0. The topological polar surface area (TPSA) is 125 Å². The monoisotopic (exact) mass is 378 g/mol. The van der Waals surface area contributed by atoms with E-state index in [1.54, 1.807) is 0 Å². The number of ether oxygens (including phenoxy) is 2. The van der Waals surface area contributed by atoms with Gasteiger partial charge in [-0.25, -0.2) is 8.42 Å². The number of hydrogen-bond acceptors (Lipinski definition) is 6. The average molecular weight is 378 g/mol. The molecule has 0 fully saturated rings. The molecule has 0 saturated heterocycles. The number of hydrogen-bond donors (Lipinski definition) is 2. The van der Waals surface area contributed by atoms with Gasteiger partial charge in [0, 0.05) is 12.8 Å². The smallest absolute Gasteiger partial charge is 0.252 e. The van der Waals surface area contributed by atoms with Crippen LogP contribution in [0.3, 0.4) is 0 Å². The van der Waals surface area contributed by atoms with Gasteiger partial charge in [0.15, 0.2) is 5.75 Å². The second kappa shape index (κ2) is 7.98. The van der Waals surface area contributed by atoms with Gasteiger partial charge in [0.2, 0.25) is 15.7 Å². The van der Waals surface area contributed by atoms with Crippen LogP contribution in [0.25, 0.3) is 0 Å². The largest absolute Gasteiger partial charge is 0.495 e. The lowest BCUT2D eigenvalue weighted by atomic mass is 10.2. The summed E-state index contributed by atoms with van der Waals surface area (Å²) in [7, 11) is -1.31. The van der Waals surface area contributed by atoms with Crippen molar-refractivity contribution >= 4 is 27.3 Å². The number of nitrogens with two attached hydrogens (primary N) is 1. The number of para-hydroxylation sites is 1. The van der Waals surface area contributed by atoms with Crippen LogP contribution in [0, 0.1) is 0 Å². The highest BCUT2D eigenvalue weighted by Gasteiger charge is 2.25. The zero-order chi connectivity index (χ0) is 19.3. The van der Waals surface area contributed by atoms with Crippen molar-refractivity contribution < 1.29 is 27.5 Å². The molecule has 3 N–H and O–H groups in total. The number of anilines is 1. The summed E-state index contributed by atoms with van der Waals surface area (Å²) in [5, 5.41) is 2.56. The van der Waals surface area contributed by atoms with E-state index in [0.717, 1.165) is 0 Å². The molecule has 0 spiro atoms. The first kappa shape index (κ1) is 19.4. The number of benzene rings is 2. The lowest BCUT2D eigenvalue weighted by Crippen LogP contribution is -2.17. The molecule has 26 heavy (non-hydrogen) atoms. The fourth-order valence-corrected chi connectivity index (χ4v) is 3.75. The van der Waals surface area contributed by atoms with Crippen LogP contribution in [-0.4, -0.2) is 41.1 Å². The Balaban J connectivity index is 2.41. The number of carbonyl (C=O) groups excluding carboxylic acids is 2. The summed E-state index contributed by atoms with van der Waals surface area (Å²) in [5.74, 6) is -1.27. The van der Waals surface area contributed by atoms with Gasteiger partial charge in [-0.3, -0.25) is 9.59 Å². The number of sulfone groups is 1. The summed E-state index contributed by atoms with van der Waals surface area (Å²) >= 11 is 0. The molecule has 2 rings (SSSR count). The van der Waals surface area contributed by atoms with Crippen molar-refractivity contribution in [2.75, 3.05) is 26.1 Å². The Labute approximate surface area is 150 Å². The summed E-state index contributed by atoms with van der Waals surface area (Å²) in [6, 6.07) is 9.70. The Morgan fingerprint density at radius 2 is 1.73 bits per heavy atom.